The molecule has 1 aromatic heterocycles. The Labute approximate surface area is 102 Å². The van der Waals surface area contributed by atoms with Crippen LogP contribution in [0.4, 0.5) is 0 Å². The van der Waals surface area contributed by atoms with Crippen LogP contribution in [-0.4, -0.2) is 21.8 Å². The molecule has 0 saturated heterocycles. The van der Waals surface area contributed by atoms with Crippen LogP contribution in [0.1, 0.15) is 44.1 Å². The molecule has 1 saturated carbocycles. The first-order valence-electron chi connectivity index (χ1n) is 6.23. The summed E-state index contributed by atoms with van der Waals surface area (Å²) >= 11 is 2.06. The summed E-state index contributed by atoms with van der Waals surface area (Å²) in [6.45, 7) is 4.02. The van der Waals surface area contributed by atoms with Crippen LogP contribution >= 0.6 is 11.8 Å². The van der Waals surface area contributed by atoms with Gasteiger partial charge in [0.1, 0.15) is 5.82 Å². The summed E-state index contributed by atoms with van der Waals surface area (Å²) in [6.07, 6.45) is 7.58. The summed E-state index contributed by atoms with van der Waals surface area (Å²) in [5.41, 5.74) is 1.20. The number of nitrogens with one attached hydrogen (secondary N) is 2. The highest BCUT2D eigenvalue weighted by Gasteiger charge is 2.15. The molecule has 0 spiro atoms. The highest BCUT2D eigenvalue weighted by Crippen LogP contribution is 2.30. The van der Waals surface area contributed by atoms with Gasteiger partial charge in [-0.1, -0.05) is 19.8 Å². The molecule has 0 radical (unpaired) electrons. The molecule has 16 heavy (non-hydrogen) atoms. The SMILES string of the molecule is CCNCc1cnc(CSC2CCCC2)[nH]1. The predicted molar refractivity (Wildman–Crippen MR) is 69.5 cm³/mol. The minimum atomic E-state index is 0.877. The fourth-order valence-corrected chi connectivity index (χ4v) is 3.29. The van der Waals surface area contributed by atoms with Gasteiger partial charge in [-0.2, -0.15) is 11.8 Å². The van der Waals surface area contributed by atoms with Crippen molar-refractivity contribution in [2.24, 2.45) is 0 Å². The Balaban J connectivity index is 1.73. The number of hydrogen-bond acceptors (Lipinski definition) is 3. The van der Waals surface area contributed by atoms with E-state index in [2.05, 4.69) is 34.0 Å². The Kier molecular flexibility index (Phi) is 4.72. The van der Waals surface area contributed by atoms with Crippen molar-refractivity contribution < 1.29 is 0 Å². The van der Waals surface area contributed by atoms with Gasteiger partial charge >= 0.3 is 0 Å². The van der Waals surface area contributed by atoms with E-state index in [0.717, 1.165) is 29.9 Å². The van der Waals surface area contributed by atoms with E-state index in [1.165, 1.54) is 31.4 Å². The first-order chi connectivity index (χ1) is 7.88. The van der Waals surface area contributed by atoms with Crippen LogP contribution in [0.3, 0.4) is 0 Å². The van der Waals surface area contributed by atoms with E-state index in [4.69, 9.17) is 0 Å². The Morgan fingerprint density at radius 2 is 2.31 bits per heavy atom. The van der Waals surface area contributed by atoms with E-state index < -0.39 is 0 Å². The molecule has 90 valence electrons. The second-order valence-corrected chi connectivity index (χ2v) is 5.64. The maximum Gasteiger partial charge on any atom is 0.116 e. The molecule has 1 heterocycles. The molecule has 0 aromatic carbocycles. The van der Waals surface area contributed by atoms with E-state index in [0.29, 0.717) is 0 Å². The average Bonchev–Trinajstić information content (AvgIpc) is 2.95. The first kappa shape index (κ1) is 12.0. The van der Waals surface area contributed by atoms with E-state index in [-0.39, 0.29) is 0 Å². The number of aromatic nitrogens is 2. The van der Waals surface area contributed by atoms with Gasteiger partial charge in [-0.05, 0) is 19.4 Å². The van der Waals surface area contributed by atoms with E-state index in [1.54, 1.807) is 0 Å². The number of aromatic amines is 1. The van der Waals surface area contributed by atoms with Gasteiger partial charge in [0, 0.05) is 23.7 Å². The quantitative estimate of drug-likeness (QED) is 0.802. The second kappa shape index (κ2) is 6.30. The van der Waals surface area contributed by atoms with Crippen molar-refractivity contribution >= 4 is 11.8 Å². The van der Waals surface area contributed by atoms with Crippen LogP contribution in [-0.2, 0) is 12.3 Å². The third-order valence-corrected chi connectivity index (χ3v) is 4.39. The van der Waals surface area contributed by atoms with Crippen molar-refractivity contribution in [3.63, 3.8) is 0 Å². The first-order valence-corrected chi connectivity index (χ1v) is 7.28. The average molecular weight is 239 g/mol. The lowest BCUT2D eigenvalue weighted by atomic mass is 10.4. The Hall–Kier alpha value is -0.480. The number of nitrogens with zero attached hydrogens (tertiary/aromatic N) is 1. The molecule has 0 bridgehead atoms. The summed E-state index contributed by atoms with van der Waals surface area (Å²) < 4.78 is 0. The van der Waals surface area contributed by atoms with Gasteiger partial charge in [0.05, 0.1) is 5.75 Å². The van der Waals surface area contributed by atoms with E-state index in [1.807, 2.05) is 6.20 Å². The minimum absolute atomic E-state index is 0.877. The fraction of sp³-hybridized carbons (Fsp3) is 0.750. The van der Waals surface area contributed by atoms with Gasteiger partial charge in [0.15, 0.2) is 0 Å². The maximum absolute atomic E-state index is 4.41. The highest BCUT2D eigenvalue weighted by molar-refractivity contribution is 7.99. The molecule has 1 aromatic rings. The smallest absolute Gasteiger partial charge is 0.116 e. The minimum Gasteiger partial charge on any atom is -0.344 e. The van der Waals surface area contributed by atoms with Gasteiger partial charge in [0.2, 0.25) is 0 Å². The predicted octanol–water partition coefficient (Wildman–Crippen LogP) is 2.70. The lowest BCUT2D eigenvalue weighted by molar-refractivity contribution is 0.713. The molecule has 1 aliphatic carbocycles. The van der Waals surface area contributed by atoms with Gasteiger partial charge in [-0.25, -0.2) is 4.98 Å². The van der Waals surface area contributed by atoms with Crippen molar-refractivity contribution in [3.05, 3.63) is 17.7 Å². The summed E-state index contributed by atoms with van der Waals surface area (Å²) in [4.78, 5) is 7.79. The molecule has 0 unspecified atom stereocenters. The Bertz CT molecular complexity index is 305. The molecule has 0 atom stereocenters. The largest absolute Gasteiger partial charge is 0.344 e. The number of rotatable bonds is 6. The van der Waals surface area contributed by atoms with Crippen LogP contribution in [0.25, 0.3) is 0 Å². The lowest BCUT2D eigenvalue weighted by Gasteiger charge is -2.06. The zero-order valence-electron chi connectivity index (χ0n) is 9.96. The number of thioether (sulfide) groups is 1. The summed E-state index contributed by atoms with van der Waals surface area (Å²) in [6, 6.07) is 0. The zero-order chi connectivity index (χ0) is 11.2. The third kappa shape index (κ3) is 3.52. The molecule has 3 nitrogen and oxygen atoms in total. The van der Waals surface area contributed by atoms with Crippen LogP contribution in [0.5, 0.6) is 0 Å². The molecule has 0 aliphatic heterocycles. The monoisotopic (exact) mass is 239 g/mol. The van der Waals surface area contributed by atoms with Crippen molar-refractivity contribution in [1.29, 1.82) is 0 Å². The molecule has 4 heteroatoms. The standard InChI is InChI=1S/C12H21N3S/c1-2-13-7-10-8-14-12(15-10)9-16-11-5-3-4-6-11/h8,11,13H,2-7,9H2,1H3,(H,14,15). The van der Waals surface area contributed by atoms with Crippen molar-refractivity contribution in [2.75, 3.05) is 6.54 Å². The molecular formula is C12H21N3S. The van der Waals surface area contributed by atoms with Gasteiger partial charge in [0.25, 0.3) is 0 Å². The normalized spacial score (nSPS) is 17.1. The number of hydrogen-bond donors (Lipinski definition) is 2. The van der Waals surface area contributed by atoms with E-state index >= 15 is 0 Å². The Morgan fingerprint density at radius 3 is 3.06 bits per heavy atom. The van der Waals surface area contributed by atoms with Crippen molar-refractivity contribution in [3.8, 4) is 0 Å². The van der Waals surface area contributed by atoms with Crippen LogP contribution in [0.2, 0.25) is 0 Å². The number of H-pyrrole nitrogens is 1. The maximum atomic E-state index is 4.41. The lowest BCUT2D eigenvalue weighted by Crippen LogP contribution is -2.11. The summed E-state index contributed by atoms with van der Waals surface area (Å²) in [7, 11) is 0. The highest BCUT2D eigenvalue weighted by atomic mass is 32.2. The van der Waals surface area contributed by atoms with Gasteiger partial charge in [-0.3, -0.25) is 0 Å². The van der Waals surface area contributed by atoms with Crippen LogP contribution in [0.15, 0.2) is 6.20 Å². The zero-order valence-corrected chi connectivity index (χ0v) is 10.8. The molecule has 0 amide bonds. The van der Waals surface area contributed by atoms with Crippen LogP contribution < -0.4 is 5.32 Å². The summed E-state index contributed by atoms with van der Waals surface area (Å²) in [5.74, 6) is 2.17. The molecule has 1 fully saturated rings. The van der Waals surface area contributed by atoms with Crippen molar-refractivity contribution in [1.82, 2.24) is 15.3 Å². The van der Waals surface area contributed by atoms with Gasteiger partial charge in [-0.15, -0.1) is 0 Å². The molecule has 1 aliphatic rings. The summed E-state index contributed by atoms with van der Waals surface area (Å²) in [5, 5.41) is 4.17. The molecule has 2 N–H and O–H groups in total. The van der Waals surface area contributed by atoms with Gasteiger partial charge < -0.3 is 10.3 Å². The topological polar surface area (TPSA) is 40.7 Å². The fourth-order valence-electron chi connectivity index (χ4n) is 2.08. The van der Waals surface area contributed by atoms with Crippen molar-refractivity contribution in [2.45, 2.75) is 50.2 Å². The second-order valence-electron chi connectivity index (χ2n) is 4.35. The van der Waals surface area contributed by atoms with Crippen LogP contribution in [0, 0.1) is 0 Å². The third-order valence-electron chi connectivity index (χ3n) is 3.00. The Morgan fingerprint density at radius 1 is 1.50 bits per heavy atom. The molecular weight excluding hydrogens is 218 g/mol. The van der Waals surface area contributed by atoms with E-state index in [9.17, 15) is 0 Å². The number of imidazole rings is 1. The molecule has 2 rings (SSSR count).